The Labute approximate surface area is 94.6 Å². The van der Waals surface area contributed by atoms with Gasteiger partial charge in [0.05, 0.1) is 6.20 Å². The van der Waals surface area contributed by atoms with Crippen LogP contribution in [0.15, 0.2) is 34.7 Å². The van der Waals surface area contributed by atoms with E-state index in [1.54, 1.807) is 0 Å². The Hall–Kier alpha value is -1.34. The van der Waals surface area contributed by atoms with Crippen LogP contribution >= 0.6 is 11.3 Å². The summed E-state index contributed by atoms with van der Waals surface area (Å²) >= 11 is 0.702. The van der Waals surface area contributed by atoms with E-state index in [1.807, 2.05) is 0 Å². The van der Waals surface area contributed by atoms with Gasteiger partial charge < -0.3 is 0 Å². The molecule has 2 aromatic rings. The molecule has 1 aromatic carbocycles. The third-order valence-electron chi connectivity index (χ3n) is 1.82. The number of halogens is 2. The van der Waals surface area contributed by atoms with Crippen molar-refractivity contribution >= 4 is 21.6 Å². The molecule has 0 fully saturated rings. The number of hydrogen-bond acceptors (Lipinski definition) is 4. The van der Waals surface area contributed by atoms with Crippen LogP contribution in [0.2, 0.25) is 0 Å². The molecule has 2 rings (SSSR count). The van der Waals surface area contributed by atoms with Crippen LogP contribution in [0.1, 0.15) is 0 Å². The molecule has 1 heterocycles. The summed E-state index contributed by atoms with van der Waals surface area (Å²) < 4.78 is 45.9. The third kappa shape index (κ3) is 2.25. The fourth-order valence-corrected chi connectivity index (χ4v) is 2.57. The van der Waals surface area contributed by atoms with E-state index < -0.39 is 20.2 Å². The largest absolute Gasteiger partial charge is 0.343 e. The number of rotatable bonds is 2. The summed E-state index contributed by atoms with van der Waals surface area (Å²) in [7, 11) is -4.72. The summed E-state index contributed by atoms with van der Waals surface area (Å²) in [6.45, 7) is 0. The molecule has 0 amide bonds. The quantitative estimate of drug-likeness (QED) is 0.781. The molecule has 3 nitrogen and oxygen atoms in total. The highest BCUT2D eigenvalue weighted by molar-refractivity contribution is 7.88. The van der Waals surface area contributed by atoms with E-state index in [-0.39, 0.29) is 0 Å². The predicted molar refractivity (Wildman–Crippen MR) is 55.8 cm³/mol. The van der Waals surface area contributed by atoms with Crippen LogP contribution in [-0.2, 0) is 10.2 Å². The topological polar surface area (TPSA) is 47.0 Å². The van der Waals surface area contributed by atoms with Gasteiger partial charge in [-0.25, -0.2) is 9.37 Å². The maximum Gasteiger partial charge on any atom is 0.343 e. The lowest BCUT2D eigenvalue weighted by Gasteiger charge is -1.94. The van der Waals surface area contributed by atoms with Crippen LogP contribution in [0.3, 0.4) is 0 Å². The van der Waals surface area contributed by atoms with Crippen molar-refractivity contribution in [1.29, 1.82) is 0 Å². The molecule has 0 aliphatic heterocycles. The Morgan fingerprint density at radius 2 is 1.81 bits per heavy atom. The first-order valence-corrected chi connectivity index (χ1v) is 6.33. The van der Waals surface area contributed by atoms with Gasteiger partial charge >= 0.3 is 10.2 Å². The normalized spacial score (nSPS) is 11.6. The Morgan fingerprint density at radius 3 is 2.31 bits per heavy atom. The lowest BCUT2D eigenvalue weighted by Crippen LogP contribution is -1.85. The van der Waals surface area contributed by atoms with Crippen molar-refractivity contribution in [3.63, 3.8) is 0 Å². The van der Waals surface area contributed by atoms with Crippen LogP contribution in [0, 0.1) is 5.82 Å². The Bertz CT molecular complexity index is 605. The summed E-state index contributed by atoms with van der Waals surface area (Å²) in [5.41, 5.74) is 0.543. The predicted octanol–water partition coefficient (Wildman–Crippen LogP) is 2.61. The smallest absolute Gasteiger partial charge is 0.243 e. The molecule has 0 bridgehead atoms. The Morgan fingerprint density at radius 1 is 1.19 bits per heavy atom. The molecular formula is C9H5F2NO2S2. The van der Waals surface area contributed by atoms with E-state index in [9.17, 15) is 16.7 Å². The second kappa shape index (κ2) is 3.91. The van der Waals surface area contributed by atoms with Crippen molar-refractivity contribution in [2.45, 2.75) is 4.21 Å². The first-order valence-electron chi connectivity index (χ1n) is 4.13. The maximum atomic E-state index is 12.6. The molecule has 0 aliphatic rings. The van der Waals surface area contributed by atoms with Gasteiger partial charge in [0, 0.05) is 5.56 Å². The van der Waals surface area contributed by atoms with Crippen LogP contribution in [0.25, 0.3) is 10.6 Å². The minimum absolute atomic E-state index is 0.330. The van der Waals surface area contributed by atoms with E-state index >= 15 is 0 Å². The van der Waals surface area contributed by atoms with Gasteiger partial charge in [-0.05, 0) is 24.3 Å². The van der Waals surface area contributed by atoms with Crippen molar-refractivity contribution in [2.75, 3.05) is 0 Å². The highest BCUT2D eigenvalue weighted by Gasteiger charge is 2.16. The van der Waals surface area contributed by atoms with Gasteiger partial charge in [-0.1, -0.05) is 15.2 Å². The second-order valence-electron chi connectivity index (χ2n) is 2.93. The monoisotopic (exact) mass is 261 g/mol. The molecule has 1 aromatic heterocycles. The van der Waals surface area contributed by atoms with E-state index in [4.69, 9.17) is 0 Å². The maximum absolute atomic E-state index is 12.6. The van der Waals surface area contributed by atoms with Crippen molar-refractivity contribution in [1.82, 2.24) is 4.98 Å². The number of benzene rings is 1. The van der Waals surface area contributed by atoms with E-state index in [0.29, 0.717) is 21.9 Å². The molecule has 0 spiro atoms. The minimum atomic E-state index is -4.72. The summed E-state index contributed by atoms with van der Waals surface area (Å²) in [6, 6.07) is 5.34. The van der Waals surface area contributed by atoms with Gasteiger partial charge in [0.25, 0.3) is 0 Å². The third-order valence-corrected chi connectivity index (χ3v) is 4.09. The van der Waals surface area contributed by atoms with Crippen molar-refractivity contribution in [3.05, 3.63) is 36.3 Å². The molecule has 0 saturated carbocycles. The summed E-state index contributed by atoms with van der Waals surface area (Å²) in [5.74, 6) is -0.404. The van der Waals surface area contributed by atoms with Crippen LogP contribution < -0.4 is 0 Å². The van der Waals surface area contributed by atoms with E-state index in [1.165, 1.54) is 24.3 Å². The molecule has 0 radical (unpaired) electrons. The SMILES string of the molecule is O=S(=O)(F)c1cnc(-c2ccc(F)cc2)s1. The van der Waals surface area contributed by atoms with Gasteiger partial charge in [0.1, 0.15) is 10.8 Å². The van der Waals surface area contributed by atoms with Gasteiger partial charge in [0.2, 0.25) is 0 Å². The second-order valence-corrected chi connectivity index (χ2v) is 5.53. The lowest BCUT2D eigenvalue weighted by atomic mass is 10.2. The number of aromatic nitrogens is 1. The van der Waals surface area contributed by atoms with Gasteiger partial charge in [-0.3, -0.25) is 0 Å². The first kappa shape index (κ1) is 11.2. The van der Waals surface area contributed by atoms with Gasteiger partial charge in [0.15, 0.2) is 4.21 Å². The fraction of sp³-hybridized carbons (Fsp3) is 0. The summed E-state index contributed by atoms with van der Waals surface area (Å²) in [6.07, 6.45) is 0.943. The molecule has 0 atom stereocenters. The average molecular weight is 261 g/mol. The zero-order chi connectivity index (χ0) is 11.8. The first-order chi connectivity index (χ1) is 7.47. The van der Waals surface area contributed by atoms with Crippen LogP contribution in [-0.4, -0.2) is 13.4 Å². The van der Waals surface area contributed by atoms with E-state index in [0.717, 1.165) is 6.20 Å². The summed E-state index contributed by atoms with van der Waals surface area (Å²) in [5, 5.41) is 0.330. The van der Waals surface area contributed by atoms with Crippen LogP contribution in [0.5, 0.6) is 0 Å². The molecule has 7 heteroatoms. The highest BCUT2D eigenvalue weighted by Crippen LogP contribution is 2.28. The molecule has 0 unspecified atom stereocenters. The van der Waals surface area contributed by atoms with E-state index in [2.05, 4.69) is 4.98 Å². The number of nitrogens with zero attached hydrogens (tertiary/aromatic N) is 1. The lowest BCUT2D eigenvalue weighted by molar-refractivity contribution is 0.554. The van der Waals surface area contributed by atoms with Crippen molar-refractivity contribution in [2.24, 2.45) is 0 Å². The molecule has 0 N–H and O–H groups in total. The zero-order valence-corrected chi connectivity index (χ0v) is 9.36. The zero-order valence-electron chi connectivity index (χ0n) is 7.72. The highest BCUT2D eigenvalue weighted by atomic mass is 32.3. The van der Waals surface area contributed by atoms with Gasteiger partial charge in [-0.2, -0.15) is 8.42 Å². The van der Waals surface area contributed by atoms with Crippen LogP contribution in [0.4, 0.5) is 8.28 Å². The Kier molecular flexibility index (Phi) is 2.73. The number of hydrogen-bond donors (Lipinski definition) is 0. The van der Waals surface area contributed by atoms with Crippen molar-refractivity contribution in [3.8, 4) is 10.6 Å². The fourth-order valence-electron chi connectivity index (χ4n) is 1.10. The minimum Gasteiger partial charge on any atom is -0.243 e. The molecule has 0 aliphatic carbocycles. The molecular weight excluding hydrogens is 256 g/mol. The molecule has 0 saturated heterocycles. The summed E-state index contributed by atoms with van der Waals surface area (Å²) in [4.78, 5) is 3.76. The Balaban J connectivity index is 2.43. The molecule has 16 heavy (non-hydrogen) atoms. The average Bonchev–Trinajstić information content (AvgIpc) is 2.67. The van der Waals surface area contributed by atoms with Gasteiger partial charge in [-0.15, -0.1) is 0 Å². The standard InChI is InChI=1S/C9H5F2NO2S2/c10-7-3-1-6(2-4-7)9-12-5-8(15-9)16(11,13)14/h1-5H. The van der Waals surface area contributed by atoms with Crippen molar-refractivity contribution < 1.29 is 16.7 Å². The number of thiazole rings is 1. The molecule has 84 valence electrons.